The van der Waals surface area contributed by atoms with Crippen molar-refractivity contribution in [3.63, 3.8) is 0 Å². The van der Waals surface area contributed by atoms with Gasteiger partial charge in [0.15, 0.2) is 0 Å². The Hall–Kier alpha value is -2.58. The molecular formula is C24H26N2O2S. The minimum absolute atomic E-state index is 0.126. The highest BCUT2D eigenvalue weighted by molar-refractivity contribution is 7.16. The Morgan fingerprint density at radius 2 is 1.72 bits per heavy atom. The van der Waals surface area contributed by atoms with Gasteiger partial charge in [-0.05, 0) is 70.7 Å². The summed E-state index contributed by atoms with van der Waals surface area (Å²) in [4.78, 5) is 15.6. The number of anilines is 1. The fourth-order valence-corrected chi connectivity index (χ4v) is 5.39. The summed E-state index contributed by atoms with van der Waals surface area (Å²) in [5, 5.41) is 18.1. The van der Waals surface area contributed by atoms with Gasteiger partial charge in [-0.1, -0.05) is 27.7 Å². The Morgan fingerprint density at radius 3 is 2.24 bits per heavy atom. The molecule has 0 amide bonds. The van der Waals surface area contributed by atoms with Gasteiger partial charge >= 0.3 is 5.97 Å². The van der Waals surface area contributed by atoms with Gasteiger partial charge in [-0.15, -0.1) is 11.3 Å². The van der Waals surface area contributed by atoms with E-state index in [1.807, 2.05) is 12.1 Å². The zero-order valence-corrected chi connectivity index (χ0v) is 18.2. The summed E-state index contributed by atoms with van der Waals surface area (Å²) in [6.07, 6.45) is 3.74. The standard InChI is InChI=1S/C24H26N2O2S/c1-23(2)7-9-26-10-8-24(3,4)19-13-15(12-18(23)21(19)26)20-6-5-17(29-20)11-16(14-25)22(27)28/h5-6,11-13H,7-10H2,1-4H3,(H,27,28). The molecule has 29 heavy (non-hydrogen) atoms. The number of carboxylic acid groups (broad SMARTS) is 1. The maximum Gasteiger partial charge on any atom is 0.346 e. The lowest BCUT2D eigenvalue weighted by Gasteiger charge is -2.48. The van der Waals surface area contributed by atoms with E-state index < -0.39 is 5.97 Å². The maximum absolute atomic E-state index is 11.1. The van der Waals surface area contributed by atoms with Crippen LogP contribution in [0.15, 0.2) is 29.8 Å². The number of benzene rings is 1. The first-order valence-electron chi connectivity index (χ1n) is 10.0. The van der Waals surface area contributed by atoms with Crippen LogP contribution in [0.1, 0.15) is 56.5 Å². The fraction of sp³-hybridized carbons (Fsp3) is 0.417. The van der Waals surface area contributed by atoms with Crippen LogP contribution in [0.25, 0.3) is 16.5 Å². The summed E-state index contributed by atoms with van der Waals surface area (Å²) in [5.74, 6) is -1.19. The van der Waals surface area contributed by atoms with Gasteiger partial charge in [-0.3, -0.25) is 0 Å². The van der Waals surface area contributed by atoms with Crippen LogP contribution in [-0.2, 0) is 15.6 Å². The topological polar surface area (TPSA) is 64.3 Å². The molecule has 0 saturated carbocycles. The molecule has 2 aliphatic heterocycles. The molecule has 4 nitrogen and oxygen atoms in total. The molecular weight excluding hydrogens is 380 g/mol. The van der Waals surface area contributed by atoms with Crippen LogP contribution in [-0.4, -0.2) is 24.2 Å². The monoisotopic (exact) mass is 406 g/mol. The summed E-state index contributed by atoms with van der Waals surface area (Å²) >= 11 is 1.53. The fourth-order valence-electron chi connectivity index (χ4n) is 4.45. The van der Waals surface area contributed by atoms with Gasteiger partial charge in [-0.25, -0.2) is 4.79 Å². The average molecular weight is 407 g/mol. The molecule has 0 radical (unpaired) electrons. The number of aliphatic carboxylic acids is 1. The van der Waals surface area contributed by atoms with Gasteiger partial charge in [0.25, 0.3) is 0 Å². The van der Waals surface area contributed by atoms with Crippen molar-refractivity contribution in [3.05, 3.63) is 45.8 Å². The lowest BCUT2D eigenvalue weighted by Crippen LogP contribution is -2.44. The second-order valence-electron chi connectivity index (χ2n) is 9.35. The quantitative estimate of drug-likeness (QED) is 0.534. The van der Waals surface area contributed by atoms with Gasteiger partial charge in [0.2, 0.25) is 0 Å². The SMILES string of the molecule is CC1(C)CCN2CCC(C)(C)c3cc(-c4ccc(C=C(C#N)C(=O)O)s4)cc1c32. The first kappa shape index (κ1) is 19.7. The Morgan fingerprint density at radius 1 is 1.14 bits per heavy atom. The zero-order valence-electron chi connectivity index (χ0n) is 17.4. The van der Waals surface area contributed by atoms with E-state index in [2.05, 4.69) is 44.7 Å². The molecule has 0 unspecified atom stereocenters. The highest BCUT2D eigenvalue weighted by atomic mass is 32.1. The number of nitriles is 1. The van der Waals surface area contributed by atoms with Gasteiger partial charge in [-0.2, -0.15) is 5.26 Å². The minimum Gasteiger partial charge on any atom is -0.477 e. The number of hydrogen-bond donors (Lipinski definition) is 1. The van der Waals surface area contributed by atoms with E-state index in [1.54, 1.807) is 6.07 Å². The van der Waals surface area contributed by atoms with Crippen molar-refractivity contribution in [2.75, 3.05) is 18.0 Å². The molecule has 1 aromatic carbocycles. The molecule has 4 rings (SSSR count). The molecule has 2 aliphatic rings. The van der Waals surface area contributed by atoms with Crippen LogP contribution >= 0.6 is 11.3 Å². The van der Waals surface area contributed by atoms with Gasteiger partial charge in [0.05, 0.1) is 0 Å². The van der Waals surface area contributed by atoms with Crippen molar-refractivity contribution in [3.8, 4) is 16.5 Å². The predicted octanol–water partition coefficient (Wildman–Crippen LogP) is 5.58. The first-order chi connectivity index (χ1) is 13.6. The molecule has 2 aromatic rings. The van der Waals surface area contributed by atoms with E-state index in [0.717, 1.165) is 35.7 Å². The average Bonchev–Trinajstić information content (AvgIpc) is 3.12. The Labute approximate surface area is 176 Å². The minimum atomic E-state index is -1.19. The smallest absolute Gasteiger partial charge is 0.346 e. The third-order valence-electron chi connectivity index (χ3n) is 6.45. The van der Waals surface area contributed by atoms with E-state index >= 15 is 0 Å². The number of carboxylic acids is 1. The molecule has 0 atom stereocenters. The van der Waals surface area contributed by atoms with Gasteiger partial charge < -0.3 is 10.0 Å². The summed E-state index contributed by atoms with van der Waals surface area (Å²) < 4.78 is 0. The van der Waals surface area contributed by atoms with Gasteiger partial charge in [0, 0.05) is 28.5 Å². The molecule has 0 saturated heterocycles. The van der Waals surface area contributed by atoms with E-state index in [4.69, 9.17) is 10.4 Å². The number of nitrogens with zero attached hydrogens (tertiary/aromatic N) is 2. The molecule has 3 heterocycles. The van der Waals surface area contributed by atoms with E-state index in [-0.39, 0.29) is 16.4 Å². The van der Waals surface area contributed by atoms with Crippen molar-refractivity contribution in [2.24, 2.45) is 0 Å². The Bertz CT molecular complexity index is 1030. The lowest BCUT2D eigenvalue weighted by atomic mass is 9.69. The second-order valence-corrected chi connectivity index (χ2v) is 10.5. The molecule has 150 valence electrons. The van der Waals surface area contributed by atoms with Crippen molar-refractivity contribution >= 4 is 29.1 Å². The van der Waals surface area contributed by atoms with Crippen LogP contribution in [0.3, 0.4) is 0 Å². The number of rotatable bonds is 3. The number of hydrogen-bond acceptors (Lipinski definition) is 4. The normalized spacial score (nSPS) is 19.4. The summed E-state index contributed by atoms with van der Waals surface area (Å²) in [5.41, 5.74) is 5.45. The first-order valence-corrected chi connectivity index (χ1v) is 10.8. The third-order valence-corrected chi connectivity index (χ3v) is 7.53. The number of carbonyl (C=O) groups is 1. The van der Waals surface area contributed by atoms with E-state index in [0.29, 0.717) is 0 Å². The van der Waals surface area contributed by atoms with Crippen LogP contribution in [0.4, 0.5) is 5.69 Å². The molecule has 0 bridgehead atoms. The van der Waals surface area contributed by atoms with Crippen LogP contribution < -0.4 is 4.90 Å². The van der Waals surface area contributed by atoms with E-state index in [1.165, 1.54) is 39.8 Å². The van der Waals surface area contributed by atoms with Crippen LogP contribution in [0.5, 0.6) is 0 Å². The number of thiophene rings is 1. The highest BCUT2D eigenvalue weighted by Gasteiger charge is 2.40. The molecule has 0 spiro atoms. The third kappa shape index (κ3) is 3.36. The van der Waals surface area contributed by atoms with Crippen molar-refractivity contribution in [2.45, 2.75) is 51.4 Å². The van der Waals surface area contributed by atoms with Crippen molar-refractivity contribution in [1.82, 2.24) is 0 Å². The van der Waals surface area contributed by atoms with Crippen molar-refractivity contribution < 1.29 is 9.90 Å². The Balaban J connectivity index is 1.86. The molecule has 1 N–H and O–H groups in total. The van der Waals surface area contributed by atoms with Gasteiger partial charge in [0.1, 0.15) is 11.6 Å². The highest BCUT2D eigenvalue weighted by Crippen LogP contribution is 2.50. The van der Waals surface area contributed by atoms with Crippen molar-refractivity contribution in [1.29, 1.82) is 5.26 Å². The molecule has 5 heteroatoms. The summed E-state index contributed by atoms with van der Waals surface area (Å²) in [6, 6.07) is 10.3. The Kier molecular flexibility index (Phi) is 4.59. The molecule has 0 aliphatic carbocycles. The maximum atomic E-state index is 11.1. The molecule has 1 aromatic heterocycles. The molecule has 0 fully saturated rings. The second kappa shape index (κ2) is 6.74. The summed E-state index contributed by atoms with van der Waals surface area (Å²) in [6.45, 7) is 11.6. The van der Waals surface area contributed by atoms with Crippen LogP contribution in [0.2, 0.25) is 0 Å². The lowest BCUT2D eigenvalue weighted by molar-refractivity contribution is -0.132. The zero-order chi connectivity index (χ0) is 21.0. The largest absolute Gasteiger partial charge is 0.477 e. The summed E-state index contributed by atoms with van der Waals surface area (Å²) in [7, 11) is 0. The predicted molar refractivity (Wildman–Crippen MR) is 118 cm³/mol. The van der Waals surface area contributed by atoms with E-state index in [9.17, 15) is 4.79 Å². The van der Waals surface area contributed by atoms with Crippen LogP contribution in [0, 0.1) is 11.3 Å².